The van der Waals surface area contributed by atoms with E-state index in [1.165, 1.54) is 10.1 Å². The van der Waals surface area contributed by atoms with Gasteiger partial charge in [0, 0.05) is 22.1 Å². The number of benzene rings is 2. The Morgan fingerprint density at radius 3 is 2.85 bits per heavy atom. The lowest BCUT2D eigenvalue weighted by atomic mass is 10.2. The van der Waals surface area contributed by atoms with E-state index in [-0.39, 0.29) is 0 Å². The minimum Gasteiger partial charge on any atom is -0.408 e. The van der Waals surface area contributed by atoms with Gasteiger partial charge in [0.2, 0.25) is 0 Å². The molecule has 0 saturated carbocycles. The van der Waals surface area contributed by atoms with Gasteiger partial charge in [0.1, 0.15) is 0 Å². The van der Waals surface area contributed by atoms with Crippen molar-refractivity contribution in [2.75, 3.05) is 5.32 Å². The van der Waals surface area contributed by atoms with Crippen molar-refractivity contribution in [3.63, 3.8) is 0 Å². The molecule has 98 valence electrons. The molecule has 0 aliphatic rings. The summed E-state index contributed by atoms with van der Waals surface area (Å²) in [4.78, 5) is 13.8. The van der Waals surface area contributed by atoms with Crippen molar-refractivity contribution in [3.8, 4) is 0 Å². The smallest absolute Gasteiger partial charge is 0.408 e. The van der Waals surface area contributed by atoms with Crippen molar-refractivity contribution in [2.24, 2.45) is 0 Å². The first-order valence-corrected chi connectivity index (χ1v) is 7.03. The van der Waals surface area contributed by atoms with Crippen LogP contribution in [0.25, 0.3) is 21.2 Å². The molecule has 0 spiro atoms. The molecule has 0 unspecified atom stereocenters. The van der Waals surface area contributed by atoms with E-state index in [1.807, 2.05) is 24.3 Å². The Labute approximate surface area is 117 Å². The second-order valence-corrected chi connectivity index (χ2v) is 5.47. The third-order valence-corrected chi connectivity index (χ3v) is 4.06. The summed E-state index contributed by atoms with van der Waals surface area (Å²) in [5.41, 5.74) is 3.15. The fourth-order valence-corrected chi connectivity index (χ4v) is 3.01. The summed E-state index contributed by atoms with van der Waals surface area (Å²) in [5.74, 6) is -0.433. The predicted molar refractivity (Wildman–Crippen MR) is 81.9 cm³/mol. The van der Waals surface area contributed by atoms with Gasteiger partial charge in [0.05, 0.1) is 5.52 Å². The van der Waals surface area contributed by atoms with Crippen LogP contribution in [-0.4, -0.2) is 4.98 Å². The molecule has 2 heterocycles. The van der Waals surface area contributed by atoms with E-state index in [9.17, 15) is 4.79 Å². The third-order valence-electron chi connectivity index (χ3n) is 3.16. The van der Waals surface area contributed by atoms with Crippen LogP contribution in [0.3, 0.4) is 0 Å². The summed E-state index contributed by atoms with van der Waals surface area (Å²) in [6, 6.07) is 13.9. The molecular weight excluding hydrogens is 272 g/mol. The average molecular weight is 282 g/mol. The highest BCUT2D eigenvalue weighted by Crippen LogP contribution is 2.26. The number of nitrogens with one attached hydrogen (secondary N) is 2. The molecule has 0 bridgehead atoms. The van der Waals surface area contributed by atoms with E-state index in [2.05, 4.69) is 33.9 Å². The highest BCUT2D eigenvalue weighted by Gasteiger charge is 2.03. The largest absolute Gasteiger partial charge is 0.417 e. The number of H-pyrrole nitrogens is 1. The van der Waals surface area contributed by atoms with E-state index in [4.69, 9.17) is 4.42 Å². The average Bonchev–Trinajstić information content (AvgIpc) is 3.02. The zero-order valence-corrected chi connectivity index (χ0v) is 11.2. The van der Waals surface area contributed by atoms with Crippen LogP contribution in [0.2, 0.25) is 0 Å². The van der Waals surface area contributed by atoms with Crippen molar-refractivity contribution < 1.29 is 4.42 Å². The molecule has 0 aliphatic heterocycles. The Morgan fingerprint density at radius 1 is 1.05 bits per heavy atom. The summed E-state index contributed by atoms with van der Waals surface area (Å²) < 4.78 is 6.32. The Hall–Kier alpha value is -2.53. The second kappa shape index (κ2) is 4.25. The molecule has 4 nitrogen and oxygen atoms in total. The molecule has 20 heavy (non-hydrogen) atoms. The van der Waals surface area contributed by atoms with E-state index in [0.29, 0.717) is 11.1 Å². The number of aromatic nitrogens is 1. The molecule has 0 atom stereocenters. The summed E-state index contributed by atoms with van der Waals surface area (Å²) in [6.07, 6.45) is 0. The fourth-order valence-electron chi connectivity index (χ4n) is 2.23. The summed E-state index contributed by atoms with van der Waals surface area (Å²) in [6.45, 7) is 0. The standard InChI is InChI=1S/C15H10N2O2S/c18-15-17-12-3-1-11(8-13(12)19-15)16-10-2-4-14-9(7-10)5-6-20-14/h1-8,16H,(H,17,18). The van der Waals surface area contributed by atoms with Crippen molar-refractivity contribution in [1.29, 1.82) is 0 Å². The summed E-state index contributed by atoms with van der Waals surface area (Å²) in [5, 5.41) is 6.61. The van der Waals surface area contributed by atoms with Crippen LogP contribution in [0.5, 0.6) is 0 Å². The first-order chi connectivity index (χ1) is 9.78. The van der Waals surface area contributed by atoms with Gasteiger partial charge in [0.15, 0.2) is 5.58 Å². The van der Waals surface area contributed by atoms with E-state index >= 15 is 0 Å². The third kappa shape index (κ3) is 1.88. The number of oxazole rings is 1. The molecule has 0 aliphatic carbocycles. The topological polar surface area (TPSA) is 58.0 Å². The van der Waals surface area contributed by atoms with Gasteiger partial charge in [-0.2, -0.15) is 0 Å². The van der Waals surface area contributed by atoms with Gasteiger partial charge < -0.3 is 9.73 Å². The maximum atomic E-state index is 11.1. The van der Waals surface area contributed by atoms with Crippen molar-refractivity contribution in [2.45, 2.75) is 0 Å². The Morgan fingerprint density at radius 2 is 1.90 bits per heavy atom. The maximum absolute atomic E-state index is 11.1. The lowest BCUT2D eigenvalue weighted by Crippen LogP contribution is -1.92. The maximum Gasteiger partial charge on any atom is 0.417 e. The van der Waals surface area contributed by atoms with Crippen LogP contribution in [0.4, 0.5) is 11.4 Å². The number of hydrogen-bond donors (Lipinski definition) is 2. The van der Waals surface area contributed by atoms with Gasteiger partial charge >= 0.3 is 5.76 Å². The second-order valence-electron chi connectivity index (χ2n) is 4.52. The van der Waals surface area contributed by atoms with E-state index in [1.54, 1.807) is 11.3 Å². The molecule has 0 radical (unpaired) electrons. The van der Waals surface area contributed by atoms with Crippen molar-refractivity contribution in [3.05, 3.63) is 58.4 Å². The van der Waals surface area contributed by atoms with Crippen molar-refractivity contribution in [1.82, 2.24) is 4.98 Å². The Kier molecular flexibility index (Phi) is 2.40. The molecule has 0 fully saturated rings. The number of rotatable bonds is 2. The molecule has 0 saturated heterocycles. The minimum atomic E-state index is -0.433. The van der Waals surface area contributed by atoms with E-state index in [0.717, 1.165) is 11.4 Å². The van der Waals surface area contributed by atoms with Crippen LogP contribution >= 0.6 is 11.3 Å². The van der Waals surface area contributed by atoms with Gasteiger partial charge in [0.25, 0.3) is 0 Å². The first kappa shape index (κ1) is 11.3. The Balaban J connectivity index is 1.73. The predicted octanol–water partition coefficient (Wildman–Crippen LogP) is 4.08. The summed E-state index contributed by atoms with van der Waals surface area (Å²) >= 11 is 1.73. The lowest BCUT2D eigenvalue weighted by Gasteiger charge is -2.06. The zero-order chi connectivity index (χ0) is 13.5. The molecule has 2 aromatic heterocycles. The molecule has 2 aromatic carbocycles. The van der Waals surface area contributed by atoms with Gasteiger partial charge in [-0.25, -0.2) is 4.79 Å². The molecule has 5 heteroatoms. The monoisotopic (exact) mass is 282 g/mol. The number of anilines is 2. The number of fused-ring (bicyclic) bond motifs is 2. The highest BCUT2D eigenvalue weighted by atomic mass is 32.1. The van der Waals surface area contributed by atoms with Crippen LogP contribution in [-0.2, 0) is 0 Å². The highest BCUT2D eigenvalue weighted by molar-refractivity contribution is 7.17. The van der Waals surface area contributed by atoms with Crippen molar-refractivity contribution >= 4 is 43.9 Å². The van der Waals surface area contributed by atoms with Gasteiger partial charge in [-0.05, 0) is 47.2 Å². The number of hydrogen-bond acceptors (Lipinski definition) is 4. The normalized spacial score (nSPS) is 11.2. The van der Waals surface area contributed by atoms with Crippen LogP contribution in [0.15, 0.2) is 57.1 Å². The quantitative estimate of drug-likeness (QED) is 0.582. The minimum absolute atomic E-state index is 0.433. The SMILES string of the molecule is O=c1[nH]c2ccc(Nc3ccc4sccc4c3)cc2o1. The molecule has 4 rings (SSSR count). The first-order valence-electron chi connectivity index (χ1n) is 6.15. The zero-order valence-electron chi connectivity index (χ0n) is 10.3. The summed E-state index contributed by atoms with van der Waals surface area (Å²) in [7, 11) is 0. The molecular formula is C15H10N2O2S. The van der Waals surface area contributed by atoms with Gasteiger partial charge in [-0.3, -0.25) is 4.98 Å². The number of thiophene rings is 1. The van der Waals surface area contributed by atoms with Gasteiger partial charge in [-0.15, -0.1) is 11.3 Å². The lowest BCUT2D eigenvalue weighted by molar-refractivity contribution is 0.555. The van der Waals surface area contributed by atoms with Crippen LogP contribution in [0, 0.1) is 0 Å². The molecule has 0 amide bonds. The van der Waals surface area contributed by atoms with E-state index < -0.39 is 5.76 Å². The molecule has 2 N–H and O–H groups in total. The number of aromatic amines is 1. The van der Waals surface area contributed by atoms with Gasteiger partial charge in [-0.1, -0.05) is 0 Å². The van der Waals surface area contributed by atoms with Crippen LogP contribution < -0.4 is 11.1 Å². The Bertz CT molecular complexity index is 964. The van der Waals surface area contributed by atoms with Crippen LogP contribution in [0.1, 0.15) is 0 Å². The molecule has 4 aromatic rings. The fraction of sp³-hybridized carbons (Fsp3) is 0.